The molecule has 0 atom stereocenters. The van der Waals surface area contributed by atoms with E-state index >= 15 is 0 Å². The van der Waals surface area contributed by atoms with E-state index in [1.54, 1.807) is 0 Å². The maximum absolute atomic E-state index is 4.79. The molecule has 1 aromatic carbocycles. The van der Waals surface area contributed by atoms with Gasteiger partial charge in [-0.15, -0.1) is 0 Å². The highest BCUT2D eigenvalue weighted by atomic mass is 15.2. The molecule has 4 heteroatoms. The second-order valence-electron chi connectivity index (χ2n) is 6.16. The number of rotatable bonds is 4. The van der Waals surface area contributed by atoms with Crippen molar-refractivity contribution in [2.24, 2.45) is 0 Å². The van der Waals surface area contributed by atoms with Crippen molar-refractivity contribution in [1.29, 1.82) is 0 Å². The molecule has 0 spiro atoms. The summed E-state index contributed by atoms with van der Waals surface area (Å²) in [4.78, 5) is 7.29. The van der Waals surface area contributed by atoms with Crippen LogP contribution in [0.1, 0.15) is 18.3 Å². The first-order chi connectivity index (χ1) is 11.2. The van der Waals surface area contributed by atoms with Gasteiger partial charge in [0.1, 0.15) is 5.82 Å². The minimum Gasteiger partial charge on any atom is -0.314 e. The van der Waals surface area contributed by atoms with Crippen LogP contribution in [0.15, 0.2) is 36.5 Å². The summed E-state index contributed by atoms with van der Waals surface area (Å²) in [7, 11) is 0. The third kappa shape index (κ3) is 3.54. The highest BCUT2D eigenvalue weighted by Crippen LogP contribution is 2.24. The van der Waals surface area contributed by atoms with Crippen LogP contribution in [0.3, 0.4) is 0 Å². The van der Waals surface area contributed by atoms with Gasteiger partial charge in [-0.1, -0.05) is 30.3 Å². The Balaban J connectivity index is 1.86. The third-order valence-electron chi connectivity index (χ3n) is 4.54. The van der Waals surface area contributed by atoms with Gasteiger partial charge in [-0.05, 0) is 26.3 Å². The summed E-state index contributed by atoms with van der Waals surface area (Å²) in [6.07, 6.45) is 4.38. The molecular weight excluding hydrogens is 284 g/mol. The number of nitrogens with one attached hydrogen (secondary N) is 1. The Labute approximate surface area is 138 Å². The summed E-state index contributed by atoms with van der Waals surface area (Å²) in [5, 5.41) is 3.41. The molecule has 3 rings (SSSR count). The maximum Gasteiger partial charge on any atom is 0.110 e. The van der Waals surface area contributed by atoms with Crippen LogP contribution in [-0.4, -0.2) is 47.2 Å². The number of nitrogens with zero attached hydrogens (tertiary/aromatic N) is 3. The topological polar surface area (TPSA) is 33.1 Å². The van der Waals surface area contributed by atoms with E-state index in [1.807, 2.05) is 0 Å². The van der Waals surface area contributed by atoms with Crippen LogP contribution in [-0.2, 0) is 0 Å². The maximum atomic E-state index is 4.79. The molecule has 0 bridgehead atoms. The quantitative estimate of drug-likeness (QED) is 0.942. The van der Waals surface area contributed by atoms with Gasteiger partial charge in [0.25, 0.3) is 0 Å². The number of aromatic nitrogens is 2. The minimum atomic E-state index is 0.975. The number of hydrogen-bond acceptors (Lipinski definition) is 3. The lowest BCUT2D eigenvalue weighted by Crippen LogP contribution is -2.44. The van der Waals surface area contributed by atoms with Gasteiger partial charge in [-0.2, -0.15) is 0 Å². The molecular formula is C19H26N4. The second-order valence-corrected chi connectivity index (χ2v) is 6.16. The molecule has 1 N–H and O–H groups in total. The molecule has 0 aliphatic carbocycles. The highest BCUT2D eigenvalue weighted by Gasteiger charge is 2.15. The number of piperazine rings is 1. The minimum absolute atomic E-state index is 0.975. The van der Waals surface area contributed by atoms with E-state index in [1.165, 1.54) is 16.8 Å². The van der Waals surface area contributed by atoms with Gasteiger partial charge in [-0.3, -0.25) is 4.90 Å². The normalized spacial score (nSPS) is 16.7. The van der Waals surface area contributed by atoms with E-state index in [4.69, 9.17) is 4.98 Å². The Hall–Kier alpha value is -1.91. The molecule has 1 fully saturated rings. The van der Waals surface area contributed by atoms with E-state index in [-0.39, 0.29) is 0 Å². The van der Waals surface area contributed by atoms with Crippen LogP contribution in [0, 0.1) is 13.8 Å². The molecule has 4 nitrogen and oxygen atoms in total. The lowest BCUT2D eigenvalue weighted by molar-refractivity contribution is 0.265. The van der Waals surface area contributed by atoms with Crippen molar-refractivity contribution < 1.29 is 0 Å². The molecule has 122 valence electrons. The summed E-state index contributed by atoms with van der Waals surface area (Å²) in [5.41, 5.74) is 4.84. The first kappa shape index (κ1) is 16.0. The molecule has 2 aromatic rings. The van der Waals surface area contributed by atoms with Crippen LogP contribution in [0.5, 0.6) is 0 Å². The van der Waals surface area contributed by atoms with Crippen molar-refractivity contribution in [2.45, 2.75) is 20.8 Å². The molecule has 2 heterocycles. The van der Waals surface area contributed by atoms with Gasteiger partial charge in [0, 0.05) is 50.2 Å². The fourth-order valence-electron chi connectivity index (χ4n) is 3.16. The van der Waals surface area contributed by atoms with Crippen molar-refractivity contribution in [3.05, 3.63) is 47.9 Å². The average molecular weight is 310 g/mol. The Morgan fingerprint density at radius 2 is 1.96 bits per heavy atom. The van der Waals surface area contributed by atoms with Gasteiger partial charge in [0.15, 0.2) is 0 Å². The summed E-state index contributed by atoms with van der Waals surface area (Å²) in [6.45, 7) is 11.7. The molecule has 23 heavy (non-hydrogen) atoms. The largest absolute Gasteiger partial charge is 0.314 e. The van der Waals surface area contributed by atoms with Crippen molar-refractivity contribution >= 4 is 5.70 Å². The van der Waals surface area contributed by atoms with Crippen LogP contribution in [0.25, 0.3) is 17.0 Å². The zero-order valence-electron chi connectivity index (χ0n) is 14.3. The predicted molar refractivity (Wildman–Crippen MR) is 96.4 cm³/mol. The van der Waals surface area contributed by atoms with Crippen molar-refractivity contribution in [3.8, 4) is 11.3 Å². The van der Waals surface area contributed by atoms with Crippen molar-refractivity contribution in [1.82, 2.24) is 19.8 Å². The Morgan fingerprint density at radius 1 is 1.22 bits per heavy atom. The van der Waals surface area contributed by atoms with Crippen LogP contribution in [0.4, 0.5) is 0 Å². The Kier molecular flexibility index (Phi) is 4.94. The van der Waals surface area contributed by atoms with E-state index < -0.39 is 0 Å². The summed E-state index contributed by atoms with van der Waals surface area (Å²) in [6, 6.07) is 8.44. The Bertz CT molecular complexity index is 693. The fraction of sp³-hybridized carbons (Fsp3) is 0.421. The molecule has 1 aliphatic heterocycles. The number of imidazole rings is 1. The van der Waals surface area contributed by atoms with Crippen molar-refractivity contribution in [2.75, 3.05) is 32.7 Å². The summed E-state index contributed by atoms with van der Waals surface area (Å²) in [5.74, 6) is 1.05. The molecule has 0 unspecified atom stereocenters. The van der Waals surface area contributed by atoms with Crippen LogP contribution in [0.2, 0.25) is 0 Å². The SMILES string of the molecule is C/C=C(/CN1CCNCC1)n1cc(-c2ccccc2C)nc1C. The molecule has 1 aliphatic rings. The fourth-order valence-corrected chi connectivity index (χ4v) is 3.16. The molecule has 1 aromatic heterocycles. The number of allylic oxidation sites excluding steroid dienone is 1. The van der Waals surface area contributed by atoms with Crippen molar-refractivity contribution in [3.63, 3.8) is 0 Å². The molecule has 0 saturated carbocycles. The number of hydrogen-bond donors (Lipinski definition) is 1. The monoisotopic (exact) mass is 310 g/mol. The van der Waals surface area contributed by atoms with E-state index in [9.17, 15) is 0 Å². The number of aryl methyl sites for hydroxylation is 2. The third-order valence-corrected chi connectivity index (χ3v) is 4.54. The molecule has 0 amide bonds. The smallest absolute Gasteiger partial charge is 0.110 e. The first-order valence-electron chi connectivity index (χ1n) is 8.39. The second kappa shape index (κ2) is 7.11. The van der Waals surface area contributed by atoms with Crippen LogP contribution < -0.4 is 5.32 Å². The van der Waals surface area contributed by atoms with Crippen LogP contribution >= 0.6 is 0 Å². The Morgan fingerprint density at radius 3 is 2.65 bits per heavy atom. The standard InChI is InChI=1S/C19H26N4/c1-4-17(13-22-11-9-20-10-12-22)23-14-19(21-16(23)3)18-8-6-5-7-15(18)2/h4-8,14,20H,9-13H2,1-3H3/b17-4-. The predicted octanol–water partition coefficient (Wildman–Crippen LogP) is 2.93. The van der Waals surface area contributed by atoms with Gasteiger partial charge in [0.2, 0.25) is 0 Å². The zero-order valence-corrected chi connectivity index (χ0v) is 14.3. The molecule has 0 radical (unpaired) electrons. The van der Waals surface area contributed by atoms with Gasteiger partial charge in [0.05, 0.1) is 5.69 Å². The van der Waals surface area contributed by atoms with E-state index in [0.29, 0.717) is 0 Å². The average Bonchev–Trinajstić information content (AvgIpc) is 2.95. The summed E-state index contributed by atoms with van der Waals surface area (Å²) >= 11 is 0. The zero-order chi connectivity index (χ0) is 16.2. The number of benzene rings is 1. The van der Waals surface area contributed by atoms with Gasteiger partial charge >= 0.3 is 0 Å². The first-order valence-corrected chi connectivity index (χ1v) is 8.39. The summed E-state index contributed by atoms with van der Waals surface area (Å²) < 4.78 is 2.24. The van der Waals surface area contributed by atoms with E-state index in [2.05, 4.69) is 72.1 Å². The van der Waals surface area contributed by atoms with E-state index in [0.717, 1.165) is 44.2 Å². The molecule has 1 saturated heterocycles. The van der Waals surface area contributed by atoms with Gasteiger partial charge < -0.3 is 9.88 Å². The lowest BCUT2D eigenvalue weighted by Gasteiger charge is -2.28. The van der Waals surface area contributed by atoms with Gasteiger partial charge in [-0.25, -0.2) is 4.98 Å². The highest BCUT2D eigenvalue weighted by molar-refractivity contribution is 5.64. The lowest BCUT2D eigenvalue weighted by atomic mass is 10.1.